The van der Waals surface area contributed by atoms with Gasteiger partial charge in [-0.15, -0.1) is 0 Å². The lowest BCUT2D eigenvalue weighted by atomic mass is 9.83. The first-order valence-electron chi connectivity index (χ1n) is 6.94. The Hall–Kier alpha value is -1.10. The quantitative estimate of drug-likeness (QED) is 0.580. The highest BCUT2D eigenvalue weighted by molar-refractivity contribution is 6.07. The summed E-state index contributed by atoms with van der Waals surface area (Å²) in [6.45, 7) is 2.81. The normalized spacial score (nSPS) is 32.2. The van der Waals surface area contributed by atoms with Gasteiger partial charge in [-0.1, -0.05) is 26.2 Å². The smallest absolute Gasteiger partial charge is 0.322 e. The lowest BCUT2D eigenvalue weighted by Gasteiger charge is -2.37. The highest BCUT2D eigenvalue weighted by Crippen LogP contribution is 2.30. The van der Waals surface area contributed by atoms with E-state index >= 15 is 0 Å². The van der Waals surface area contributed by atoms with E-state index in [-0.39, 0.29) is 18.0 Å². The molecule has 2 heterocycles. The van der Waals surface area contributed by atoms with E-state index in [4.69, 9.17) is 4.74 Å². The number of carbonyl (C=O) groups excluding carboxylic acids is 2. The maximum Gasteiger partial charge on any atom is 0.322 e. The van der Waals surface area contributed by atoms with E-state index in [9.17, 15) is 9.59 Å². The average molecular weight is 254 g/mol. The molecule has 2 aliphatic rings. The fourth-order valence-corrected chi connectivity index (χ4v) is 2.85. The van der Waals surface area contributed by atoms with Crippen molar-refractivity contribution in [2.45, 2.75) is 63.5 Å². The number of carbonyl (C=O) groups is 2. The number of amides is 3. The van der Waals surface area contributed by atoms with Crippen molar-refractivity contribution in [3.05, 3.63) is 0 Å². The number of hydrogen-bond donors (Lipinski definition) is 2. The molecule has 0 aliphatic carbocycles. The Balaban J connectivity index is 2.10. The van der Waals surface area contributed by atoms with Gasteiger partial charge in [0.1, 0.15) is 5.54 Å². The van der Waals surface area contributed by atoms with E-state index in [1.165, 1.54) is 0 Å². The van der Waals surface area contributed by atoms with Crippen LogP contribution in [-0.2, 0) is 9.53 Å². The molecule has 18 heavy (non-hydrogen) atoms. The first-order valence-corrected chi connectivity index (χ1v) is 6.94. The zero-order valence-corrected chi connectivity index (χ0v) is 11.0. The Labute approximate surface area is 108 Å². The predicted octanol–water partition coefficient (Wildman–Crippen LogP) is 1.71. The minimum atomic E-state index is -0.827. The zero-order valence-electron chi connectivity index (χ0n) is 11.0. The molecule has 2 N–H and O–H groups in total. The summed E-state index contributed by atoms with van der Waals surface area (Å²) in [6, 6.07) is -0.384. The molecule has 2 saturated heterocycles. The van der Waals surface area contributed by atoms with Gasteiger partial charge >= 0.3 is 6.03 Å². The van der Waals surface area contributed by atoms with E-state index in [0.717, 1.165) is 38.5 Å². The second-order valence-electron chi connectivity index (χ2n) is 5.19. The number of ether oxygens (including phenoxy) is 1. The van der Waals surface area contributed by atoms with Crippen LogP contribution in [-0.4, -0.2) is 30.2 Å². The summed E-state index contributed by atoms with van der Waals surface area (Å²) in [7, 11) is 0. The Morgan fingerprint density at radius 1 is 1.33 bits per heavy atom. The molecule has 2 rings (SSSR count). The minimum absolute atomic E-state index is 0.172. The summed E-state index contributed by atoms with van der Waals surface area (Å²) in [5, 5.41) is 5.18. The maximum absolute atomic E-state index is 12.1. The van der Waals surface area contributed by atoms with Crippen molar-refractivity contribution in [3.8, 4) is 0 Å². The van der Waals surface area contributed by atoms with Gasteiger partial charge in [-0.25, -0.2) is 4.79 Å². The van der Waals surface area contributed by atoms with Crippen LogP contribution in [0.1, 0.15) is 51.9 Å². The van der Waals surface area contributed by atoms with Crippen LogP contribution >= 0.6 is 0 Å². The van der Waals surface area contributed by atoms with Gasteiger partial charge in [-0.3, -0.25) is 10.1 Å². The molecule has 0 aromatic rings. The van der Waals surface area contributed by atoms with Crippen molar-refractivity contribution in [3.63, 3.8) is 0 Å². The fourth-order valence-electron chi connectivity index (χ4n) is 2.85. The Bertz CT molecular complexity index is 326. The number of nitrogens with one attached hydrogen (secondary N) is 2. The van der Waals surface area contributed by atoms with Gasteiger partial charge in [0.25, 0.3) is 5.91 Å². The monoisotopic (exact) mass is 254 g/mol. The highest BCUT2D eigenvalue weighted by atomic mass is 16.5. The number of unbranched alkanes of at least 4 members (excludes halogenated alkanes) is 2. The molecule has 2 unspecified atom stereocenters. The van der Waals surface area contributed by atoms with Gasteiger partial charge in [0, 0.05) is 6.61 Å². The molecule has 5 nitrogen and oxygen atoms in total. The highest BCUT2D eigenvalue weighted by Gasteiger charge is 2.52. The molecule has 102 valence electrons. The fraction of sp³-hybridized carbons (Fsp3) is 0.846. The molecule has 3 amide bonds. The third-order valence-corrected chi connectivity index (χ3v) is 3.87. The number of rotatable bonds is 5. The topological polar surface area (TPSA) is 67.4 Å². The number of urea groups is 1. The Morgan fingerprint density at radius 3 is 2.72 bits per heavy atom. The second kappa shape index (κ2) is 5.69. The average Bonchev–Trinajstić information content (AvgIpc) is 2.67. The van der Waals surface area contributed by atoms with Crippen LogP contribution in [0.15, 0.2) is 0 Å². The summed E-state index contributed by atoms with van der Waals surface area (Å²) in [4.78, 5) is 23.6. The van der Waals surface area contributed by atoms with Crippen LogP contribution in [0.4, 0.5) is 4.79 Å². The summed E-state index contributed by atoms with van der Waals surface area (Å²) in [6.07, 6.45) is 6.54. The summed E-state index contributed by atoms with van der Waals surface area (Å²) in [5.74, 6) is -0.212. The largest absolute Gasteiger partial charge is 0.375 e. The van der Waals surface area contributed by atoms with Gasteiger partial charge < -0.3 is 10.1 Å². The van der Waals surface area contributed by atoms with E-state index in [2.05, 4.69) is 17.6 Å². The third kappa shape index (κ3) is 2.51. The van der Waals surface area contributed by atoms with Crippen molar-refractivity contribution in [1.29, 1.82) is 0 Å². The minimum Gasteiger partial charge on any atom is -0.375 e. The van der Waals surface area contributed by atoms with Gasteiger partial charge in [0.05, 0.1) is 6.10 Å². The SMILES string of the molecule is CCCCCC1(C2CCCCO2)NC(=O)NC1=O. The second-order valence-corrected chi connectivity index (χ2v) is 5.19. The summed E-state index contributed by atoms with van der Waals surface area (Å²) >= 11 is 0. The van der Waals surface area contributed by atoms with Gasteiger partial charge in [-0.05, 0) is 25.7 Å². The molecule has 0 aromatic heterocycles. The lowest BCUT2D eigenvalue weighted by molar-refractivity contribution is -0.133. The van der Waals surface area contributed by atoms with Crippen molar-refractivity contribution in [2.24, 2.45) is 0 Å². The number of imide groups is 1. The van der Waals surface area contributed by atoms with Crippen LogP contribution in [0.25, 0.3) is 0 Å². The van der Waals surface area contributed by atoms with Crippen LogP contribution in [0.2, 0.25) is 0 Å². The van der Waals surface area contributed by atoms with Gasteiger partial charge in [-0.2, -0.15) is 0 Å². The molecule has 0 saturated carbocycles. The molecule has 0 bridgehead atoms. The van der Waals surface area contributed by atoms with E-state index < -0.39 is 5.54 Å². The van der Waals surface area contributed by atoms with Crippen molar-refractivity contribution in [1.82, 2.24) is 10.6 Å². The molecule has 2 atom stereocenters. The lowest BCUT2D eigenvalue weighted by Crippen LogP contribution is -2.58. The van der Waals surface area contributed by atoms with Crippen molar-refractivity contribution < 1.29 is 14.3 Å². The van der Waals surface area contributed by atoms with Crippen LogP contribution in [0, 0.1) is 0 Å². The summed E-state index contributed by atoms with van der Waals surface area (Å²) < 4.78 is 5.74. The molecule has 2 aliphatic heterocycles. The van der Waals surface area contributed by atoms with Gasteiger partial charge in [0.2, 0.25) is 0 Å². The van der Waals surface area contributed by atoms with E-state index in [0.29, 0.717) is 13.0 Å². The van der Waals surface area contributed by atoms with Gasteiger partial charge in [0.15, 0.2) is 0 Å². The number of hydrogen-bond acceptors (Lipinski definition) is 3. The Kier molecular flexibility index (Phi) is 4.22. The molecular formula is C13H22N2O3. The van der Waals surface area contributed by atoms with Crippen molar-refractivity contribution >= 4 is 11.9 Å². The van der Waals surface area contributed by atoms with E-state index in [1.807, 2.05) is 0 Å². The first kappa shape index (κ1) is 13.3. The zero-order chi connectivity index (χ0) is 13.0. The molecule has 5 heteroatoms. The maximum atomic E-state index is 12.1. The standard InChI is InChI=1S/C13H22N2O3/c1-2-3-5-8-13(10-7-4-6-9-18-10)11(16)14-12(17)15-13/h10H,2-9H2,1H3,(H2,14,15,16,17). The van der Waals surface area contributed by atoms with Crippen LogP contribution in [0.5, 0.6) is 0 Å². The third-order valence-electron chi connectivity index (χ3n) is 3.87. The molecule has 0 spiro atoms. The van der Waals surface area contributed by atoms with Crippen LogP contribution in [0.3, 0.4) is 0 Å². The molecule has 0 aromatic carbocycles. The van der Waals surface area contributed by atoms with Crippen LogP contribution < -0.4 is 10.6 Å². The molecule has 2 fully saturated rings. The molecule has 0 radical (unpaired) electrons. The van der Waals surface area contributed by atoms with E-state index in [1.54, 1.807) is 0 Å². The summed E-state index contributed by atoms with van der Waals surface area (Å²) in [5.41, 5.74) is -0.827. The van der Waals surface area contributed by atoms with Crippen molar-refractivity contribution in [2.75, 3.05) is 6.61 Å². The molecular weight excluding hydrogens is 232 g/mol. The first-order chi connectivity index (χ1) is 8.69. The Morgan fingerprint density at radius 2 is 2.17 bits per heavy atom. The predicted molar refractivity (Wildman–Crippen MR) is 67.1 cm³/mol.